The molecule has 0 spiro atoms. The number of ether oxygens (including phenoxy) is 1. The first-order chi connectivity index (χ1) is 19.0. The van der Waals surface area contributed by atoms with Gasteiger partial charge in [-0.1, -0.05) is 47.5 Å². The molecule has 3 aromatic rings. The third-order valence-electron chi connectivity index (χ3n) is 7.58. The average Bonchev–Trinajstić information content (AvgIpc) is 3.30. The van der Waals surface area contributed by atoms with Crippen molar-refractivity contribution in [2.75, 3.05) is 33.4 Å². The molecule has 1 aliphatic carbocycles. The Kier molecular flexibility index (Phi) is 8.91. The lowest BCUT2D eigenvalue weighted by molar-refractivity contribution is 0.0963. The number of aryl methyl sites for hydroxylation is 1. The summed E-state index contributed by atoms with van der Waals surface area (Å²) in [5, 5.41) is 3.96. The second-order valence-electron chi connectivity index (χ2n) is 10.2. The number of nitrogens with one attached hydrogen (secondary N) is 1. The van der Waals surface area contributed by atoms with Crippen LogP contribution >= 0.6 is 23.2 Å². The number of carbonyl (C=O) groups excluding carboxylic acids is 1. The first-order valence-corrected chi connectivity index (χ1v) is 14.3. The van der Waals surface area contributed by atoms with E-state index in [0.29, 0.717) is 22.0 Å². The highest BCUT2D eigenvalue weighted by molar-refractivity contribution is 6.36. The van der Waals surface area contributed by atoms with Gasteiger partial charge in [0.2, 0.25) is 0 Å². The predicted molar refractivity (Wildman–Crippen MR) is 158 cm³/mol. The number of allylic oxidation sites excluding steroid dienone is 1. The fourth-order valence-electron chi connectivity index (χ4n) is 5.68. The van der Waals surface area contributed by atoms with Crippen LogP contribution in [0.25, 0.3) is 11.1 Å². The molecule has 3 aromatic carbocycles. The van der Waals surface area contributed by atoms with Gasteiger partial charge in [-0.2, -0.15) is 0 Å². The zero-order chi connectivity index (χ0) is 27.4. The van der Waals surface area contributed by atoms with E-state index in [1.807, 2.05) is 36.4 Å². The van der Waals surface area contributed by atoms with E-state index >= 15 is 0 Å². The van der Waals surface area contributed by atoms with E-state index in [0.717, 1.165) is 84.5 Å². The quantitative estimate of drug-likeness (QED) is 0.307. The second kappa shape index (κ2) is 12.5. The Morgan fingerprint density at radius 1 is 1.05 bits per heavy atom. The Bertz CT molecular complexity index is 1370. The Labute approximate surface area is 239 Å². The topological polar surface area (TPSA) is 41.6 Å². The van der Waals surface area contributed by atoms with Crippen molar-refractivity contribution in [1.82, 2.24) is 10.2 Å². The van der Waals surface area contributed by atoms with Crippen molar-refractivity contribution in [3.8, 4) is 5.75 Å². The molecular formula is C32H33Cl2FN2O2. The molecule has 0 aromatic heterocycles. The van der Waals surface area contributed by atoms with Crippen LogP contribution in [-0.4, -0.2) is 50.3 Å². The van der Waals surface area contributed by atoms with Gasteiger partial charge in [0.05, 0.1) is 6.67 Å². The number of halogens is 3. The summed E-state index contributed by atoms with van der Waals surface area (Å²) in [7, 11) is 1.65. The zero-order valence-electron chi connectivity index (χ0n) is 22.1. The molecule has 5 rings (SSSR count). The molecule has 0 saturated carbocycles. The van der Waals surface area contributed by atoms with Crippen molar-refractivity contribution >= 4 is 40.3 Å². The third-order valence-corrected chi connectivity index (χ3v) is 8.13. The lowest BCUT2D eigenvalue weighted by Gasteiger charge is -2.19. The van der Waals surface area contributed by atoms with Crippen molar-refractivity contribution < 1.29 is 13.9 Å². The average molecular weight is 568 g/mol. The molecule has 1 atom stereocenters. The van der Waals surface area contributed by atoms with Crippen LogP contribution in [0.15, 0.2) is 60.7 Å². The molecule has 39 heavy (non-hydrogen) atoms. The second-order valence-corrected chi connectivity index (χ2v) is 11.0. The van der Waals surface area contributed by atoms with E-state index in [2.05, 4.69) is 28.4 Å². The smallest absolute Gasteiger partial charge is 0.251 e. The molecule has 0 bridgehead atoms. The maximum atomic E-state index is 12.6. The minimum atomic E-state index is -0.279. The van der Waals surface area contributed by atoms with Crippen LogP contribution in [0.3, 0.4) is 0 Å². The fourth-order valence-corrected chi connectivity index (χ4v) is 6.20. The minimum absolute atomic E-state index is 0.0924. The summed E-state index contributed by atoms with van der Waals surface area (Å²) in [6, 6.07) is 19.9. The first-order valence-electron chi connectivity index (χ1n) is 13.6. The summed E-state index contributed by atoms with van der Waals surface area (Å²) in [6.45, 7) is 2.27. The van der Waals surface area contributed by atoms with E-state index < -0.39 is 0 Å². The molecule has 1 N–H and O–H groups in total. The summed E-state index contributed by atoms with van der Waals surface area (Å²) < 4.78 is 18.8. The molecule has 0 radical (unpaired) electrons. The maximum Gasteiger partial charge on any atom is 0.251 e. The summed E-state index contributed by atoms with van der Waals surface area (Å²) >= 11 is 13.0. The molecule has 1 unspecified atom stereocenters. The van der Waals surface area contributed by atoms with E-state index in [1.54, 1.807) is 13.1 Å². The van der Waals surface area contributed by atoms with Gasteiger partial charge in [-0.3, -0.25) is 14.1 Å². The number of carbonyl (C=O) groups is 1. The monoisotopic (exact) mass is 566 g/mol. The molecule has 4 nitrogen and oxygen atoms in total. The van der Waals surface area contributed by atoms with Crippen LogP contribution in [0.4, 0.5) is 4.39 Å². The van der Waals surface area contributed by atoms with Crippen LogP contribution in [0.2, 0.25) is 10.0 Å². The van der Waals surface area contributed by atoms with Gasteiger partial charge in [-0.25, -0.2) is 0 Å². The summed E-state index contributed by atoms with van der Waals surface area (Å²) in [4.78, 5) is 14.6. The number of fused-ring (bicyclic) bond motifs is 1. The highest BCUT2D eigenvalue weighted by atomic mass is 35.5. The van der Waals surface area contributed by atoms with Gasteiger partial charge in [0.15, 0.2) is 0 Å². The van der Waals surface area contributed by atoms with E-state index in [-0.39, 0.29) is 18.7 Å². The first kappa shape index (κ1) is 27.7. The number of alkyl halides is 1. The Hall–Kier alpha value is -2.86. The van der Waals surface area contributed by atoms with Crippen LogP contribution in [0.5, 0.6) is 5.75 Å². The number of hydrogen-bond acceptors (Lipinski definition) is 3. The fraction of sp³-hybridized carbons (Fsp3) is 0.344. The predicted octanol–water partition coefficient (Wildman–Crippen LogP) is 7.46. The molecular weight excluding hydrogens is 534 g/mol. The summed E-state index contributed by atoms with van der Waals surface area (Å²) in [5.74, 6) is 0.733. The number of benzene rings is 3. The van der Waals surface area contributed by atoms with Gasteiger partial charge >= 0.3 is 0 Å². The van der Waals surface area contributed by atoms with Gasteiger partial charge in [0.25, 0.3) is 5.91 Å². The number of nitrogens with zero attached hydrogens (tertiary/aromatic N) is 1. The molecule has 204 valence electrons. The van der Waals surface area contributed by atoms with E-state index in [4.69, 9.17) is 27.9 Å². The number of likely N-dealkylation sites (tertiary alicyclic amines) is 1. The normalized spacial score (nSPS) is 17.6. The number of rotatable bonds is 8. The molecule has 2 aliphatic rings. The third kappa shape index (κ3) is 6.32. The highest BCUT2D eigenvalue weighted by Gasteiger charge is 2.25. The molecule has 1 aliphatic heterocycles. The SMILES string of the molecule is CNC(=O)c1ccc2c(c1)CCCC(c1ccc(Cl)cc1Cl)=C2c1ccc(OC2CCN(CCCF)C2)cc1. The number of hydrogen-bond donors (Lipinski definition) is 1. The van der Waals surface area contributed by atoms with Crippen LogP contribution < -0.4 is 10.1 Å². The van der Waals surface area contributed by atoms with Crippen molar-refractivity contribution in [3.63, 3.8) is 0 Å². The maximum absolute atomic E-state index is 12.6. The number of amides is 1. The van der Waals surface area contributed by atoms with Crippen LogP contribution in [0, 0.1) is 0 Å². The van der Waals surface area contributed by atoms with Gasteiger partial charge < -0.3 is 10.1 Å². The largest absolute Gasteiger partial charge is 0.489 e. The highest BCUT2D eigenvalue weighted by Crippen LogP contribution is 2.42. The standard InChI is InChI=1S/C32H33Cl2FN2O2/c1-36-32(38)23-8-12-27-22(18-23)4-2-5-29(28-13-9-24(33)19-30(28)34)31(27)21-6-10-25(11-7-21)39-26-14-17-37(20-26)16-3-15-35/h6-13,18-19,26H,2-5,14-17,20H2,1H3,(H,36,38). The Morgan fingerprint density at radius 3 is 2.59 bits per heavy atom. The van der Waals surface area contributed by atoms with Crippen LogP contribution in [0.1, 0.15) is 58.3 Å². The van der Waals surface area contributed by atoms with Crippen molar-refractivity contribution in [3.05, 3.63) is 98.5 Å². The molecule has 1 heterocycles. The lowest BCUT2D eigenvalue weighted by atomic mass is 9.87. The van der Waals surface area contributed by atoms with Gasteiger partial charge in [-0.05, 0) is 102 Å². The Morgan fingerprint density at radius 2 is 1.85 bits per heavy atom. The van der Waals surface area contributed by atoms with E-state index in [9.17, 15) is 9.18 Å². The zero-order valence-corrected chi connectivity index (χ0v) is 23.6. The van der Waals surface area contributed by atoms with Gasteiger partial charge in [0.1, 0.15) is 11.9 Å². The van der Waals surface area contributed by atoms with Gasteiger partial charge in [-0.15, -0.1) is 0 Å². The van der Waals surface area contributed by atoms with Crippen molar-refractivity contribution in [1.29, 1.82) is 0 Å². The molecule has 1 saturated heterocycles. The minimum Gasteiger partial charge on any atom is -0.489 e. The van der Waals surface area contributed by atoms with Crippen LogP contribution in [-0.2, 0) is 6.42 Å². The van der Waals surface area contributed by atoms with Crippen molar-refractivity contribution in [2.24, 2.45) is 0 Å². The molecule has 1 amide bonds. The summed E-state index contributed by atoms with van der Waals surface area (Å²) in [6.07, 6.45) is 4.27. The molecule has 1 fully saturated rings. The van der Waals surface area contributed by atoms with Gasteiger partial charge in [0, 0.05) is 42.3 Å². The lowest BCUT2D eigenvalue weighted by Crippen LogP contribution is -2.26. The summed E-state index contributed by atoms with van der Waals surface area (Å²) in [5.41, 5.74) is 7.22. The van der Waals surface area contributed by atoms with E-state index in [1.165, 1.54) is 0 Å². The van der Waals surface area contributed by atoms with Crippen molar-refractivity contribution in [2.45, 2.75) is 38.2 Å². The Balaban J connectivity index is 1.51. The molecule has 7 heteroatoms.